The molecule has 2 amide bonds. The van der Waals surface area contributed by atoms with Crippen LogP contribution in [0.1, 0.15) is 23.4 Å². The molecule has 1 aliphatic heterocycles. The van der Waals surface area contributed by atoms with Crippen molar-refractivity contribution in [3.8, 4) is 0 Å². The summed E-state index contributed by atoms with van der Waals surface area (Å²) in [6, 6.07) is 2.41. The number of nitrogens with zero attached hydrogens (tertiary/aromatic N) is 2. The van der Waals surface area contributed by atoms with E-state index < -0.39 is 0 Å². The predicted molar refractivity (Wildman–Crippen MR) is 79.7 cm³/mol. The third-order valence-electron chi connectivity index (χ3n) is 3.83. The summed E-state index contributed by atoms with van der Waals surface area (Å²) in [7, 11) is 3.24. The topological polar surface area (TPSA) is 52.7 Å². The molecular weight excluding hydrogens is 274 g/mol. The minimum Gasteiger partial charge on any atom is -0.358 e. The molecule has 0 spiro atoms. The van der Waals surface area contributed by atoms with Gasteiger partial charge in [0, 0.05) is 31.6 Å². The maximum Gasteiger partial charge on any atom is 0.239 e. The Balaban J connectivity index is 1.94. The first-order valence-electron chi connectivity index (χ1n) is 6.77. The van der Waals surface area contributed by atoms with Gasteiger partial charge in [0.05, 0.1) is 13.1 Å². The van der Waals surface area contributed by atoms with Gasteiger partial charge in [0.25, 0.3) is 0 Å². The van der Waals surface area contributed by atoms with Crippen LogP contribution in [0.3, 0.4) is 0 Å². The van der Waals surface area contributed by atoms with Gasteiger partial charge >= 0.3 is 0 Å². The average molecular weight is 295 g/mol. The second-order valence-electron chi connectivity index (χ2n) is 5.12. The molecule has 20 heavy (non-hydrogen) atoms. The number of likely N-dealkylation sites (N-methyl/N-ethyl adjacent to an activating group) is 2. The standard InChI is InChI=1S/C14H21N3O2S/c1-10-11-5-7-20-12(11)4-6-17(10)9-14(19)16(3)8-13(18)15-2/h5,7,10H,4,6,8-9H2,1-3H3,(H,15,18)/t10-/m1/s1. The summed E-state index contributed by atoms with van der Waals surface area (Å²) in [4.78, 5) is 28.5. The quantitative estimate of drug-likeness (QED) is 0.897. The molecule has 0 unspecified atom stereocenters. The van der Waals surface area contributed by atoms with Gasteiger partial charge < -0.3 is 10.2 Å². The molecule has 1 N–H and O–H groups in total. The zero-order valence-electron chi connectivity index (χ0n) is 12.2. The third kappa shape index (κ3) is 3.19. The van der Waals surface area contributed by atoms with Crippen LogP contribution in [0.15, 0.2) is 11.4 Å². The molecule has 0 aliphatic carbocycles. The zero-order chi connectivity index (χ0) is 14.7. The Kier molecular flexibility index (Phi) is 4.77. The number of carbonyl (C=O) groups is 2. The smallest absolute Gasteiger partial charge is 0.239 e. The van der Waals surface area contributed by atoms with Crippen molar-refractivity contribution in [3.05, 3.63) is 21.9 Å². The van der Waals surface area contributed by atoms with E-state index in [1.807, 2.05) is 0 Å². The maximum atomic E-state index is 12.2. The number of hydrogen-bond donors (Lipinski definition) is 1. The van der Waals surface area contributed by atoms with Crippen LogP contribution in [0.4, 0.5) is 0 Å². The van der Waals surface area contributed by atoms with Crippen LogP contribution in [0, 0.1) is 0 Å². The Bertz CT molecular complexity index is 500. The normalized spacial score (nSPS) is 18.4. The Labute approximate surface area is 123 Å². The molecule has 0 saturated heterocycles. The van der Waals surface area contributed by atoms with E-state index in [-0.39, 0.29) is 24.4 Å². The number of fused-ring (bicyclic) bond motifs is 1. The van der Waals surface area contributed by atoms with Crippen molar-refractivity contribution in [1.29, 1.82) is 0 Å². The Hall–Kier alpha value is -1.40. The van der Waals surface area contributed by atoms with Crippen molar-refractivity contribution in [2.75, 3.05) is 33.7 Å². The van der Waals surface area contributed by atoms with Gasteiger partial charge in [-0.25, -0.2) is 0 Å². The van der Waals surface area contributed by atoms with Gasteiger partial charge in [-0.3, -0.25) is 14.5 Å². The Morgan fingerprint density at radius 3 is 3.00 bits per heavy atom. The molecule has 2 heterocycles. The van der Waals surface area contributed by atoms with E-state index in [1.165, 1.54) is 15.3 Å². The lowest BCUT2D eigenvalue weighted by Crippen LogP contribution is -2.44. The first-order chi connectivity index (χ1) is 9.52. The van der Waals surface area contributed by atoms with Crippen LogP contribution >= 0.6 is 11.3 Å². The highest BCUT2D eigenvalue weighted by atomic mass is 32.1. The highest BCUT2D eigenvalue weighted by molar-refractivity contribution is 7.10. The molecule has 1 atom stereocenters. The third-order valence-corrected chi connectivity index (χ3v) is 4.82. The SMILES string of the molecule is CNC(=O)CN(C)C(=O)CN1CCc2sccc2[C@H]1C. The number of thiophene rings is 1. The van der Waals surface area contributed by atoms with Gasteiger partial charge in [-0.2, -0.15) is 0 Å². The Morgan fingerprint density at radius 2 is 2.30 bits per heavy atom. The molecule has 1 aromatic rings. The summed E-state index contributed by atoms with van der Waals surface area (Å²) in [5.74, 6) is -0.160. The van der Waals surface area contributed by atoms with Crippen LogP contribution in [0.2, 0.25) is 0 Å². The van der Waals surface area contributed by atoms with E-state index in [2.05, 4.69) is 28.6 Å². The van der Waals surface area contributed by atoms with Crippen molar-refractivity contribution in [2.45, 2.75) is 19.4 Å². The molecule has 1 aromatic heterocycles. The summed E-state index contributed by atoms with van der Waals surface area (Å²) in [6.07, 6.45) is 1.00. The molecule has 0 fully saturated rings. The van der Waals surface area contributed by atoms with Gasteiger partial charge in [-0.15, -0.1) is 11.3 Å². The lowest BCUT2D eigenvalue weighted by molar-refractivity contribution is -0.136. The fourth-order valence-electron chi connectivity index (χ4n) is 2.45. The highest BCUT2D eigenvalue weighted by Crippen LogP contribution is 2.32. The van der Waals surface area contributed by atoms with Gasteiger partial charge in [0.15, 0.2) is 0 Å². The van der Waals surface area contributed by atoms with Crippen molar-refractivity contribution in [1.82, 2.24) is 15.1 Å². The summed E-state index contributed by atoms with van der Waals surface area (Å²) in [6.45, 7) is 3.51. The monoisotopic (exact) mass is 295 g/mol. The van der Waals surface area contributed by atoms with E-state index in [0.717, 1.165) is 13.0 Å². The van der Waals surface area contributed by atoms with E-state index in [0.29, 0.717) is 6.54 Å². The lowest BCUT2D eigenvalue weighted by atomic mass is 10.0. The van der Waals surface area contributed by atoms with Crippen LogP contribution in [-0.2, 0) is 16.0 Å². The second kappa shape index (κ2) is 6.37. The lowest BCUT2D eigenvalue weighted by Gasteiger charge is -2.34. The molecule has 0 saturated carbocycles. The number of carbonyl (C=O) groups excluding carboxylic acids is 2. The zero-order valence-corrected chi connectivity index (χ0v) is 13.0. The molecule has 110 valence electrons. The van der Waals surface area contributed by atoms with E-state index >= 15 is 0 Å². The van der Waals surface area contributed by atoms with E-state index in [9.17, 15) is 9.59 Å². The maximum absolute atomic E-state index is 12.2. The molecule has 5 nitrogen and oxygen atoms in total. The van der Waals surface area contributed by atoms with Crippen molar-refractivity contribution < 1.29 is 9.59 Å². The first kappa shape index (κ1) is 15.0. The van der Waals surface area contributed by atoms with E-state index in [1.54, 1.807) is 25.4 Å². The average Bonchev–Trinajstić information content (AvgIpc) is 2.90. The molecule has 0 bridgehead atoms. The van der Waals surface area contributed by atoms with Crippen molar-refractivity contribution >= 4 is 23.2 Å². The molecule has 2 rings (SSSR count). The first-order valence-corrected chi connectivity index (χ1v) is 7.65. The minimum atomic E-state index is -0.146. The van der Waals surface area contributed by atoms with Gasteiger partial charge in [0.2, 0.25) is 11.8 Å². The predicted octanol–water partition coefficient (Wildman–Crippen LogP) is 0.872. The summed E-state index contributed by atoms with van der Waals surface area (Å²) < 4.78 is 0. The second-order valence-corrected chi connectivity index (χ2v) is 6.12. The molecule has 1 aliphatic rings. The number of rotatable bonds is 4. The largest absolute Gasteiger partial charge is 0.358 e. The van der Waals surface area contributed by atoms with Crippen molar-refractivity contribution in [2.24, 2.45) is 0 Å². The number of amides is 2. The fraction of sp³-hybridized carbons (Fsp3) is 0.571. The summed E-state index contributed by atoms with van der Waals surface area (Å²) in [5.41, 5.74) is 1.34. The molecule has 0 aromatic carbocycles. The molecule has 6 heteroatoms. The van der Waals surface area contributed by atoms with Gasteiger partial charge in [-0.05, 0) is 30.4 Å². The van der Waals surface area contributed by atoms with Gasteiger partial charge in [-0.1, -0.05) is 0 Å². The minimum absolute atomic E-state index is 0.0147. The fourth-order valence-corrected chi connectivity index (χ4v) is 3.42. The van der Waals surface area contributed by atoms with Crippen LogP contribution in [-0.4, -0.2) is 55.3 Å². The van der Waals surface area contributed by atoms with Crippen molar-refractivity contribution in [3.63, 3.8) is 0 Å². The number of nitrogens with one attached hydrogen (secondary N) is 1. The summed E-state index contributed by atoms with van der Waals surface area (Å²) >= 11 is 1.79. The van der Waals surface area contributed by atoms with E-state index in [4.69, 9.17) is 0 Å². The number of hydrogen-bond acceptors (Lipinski definition) is 4. The highest BCUT2D eigenvalue weighted by Gasteiger charge is 2.27. The van der Waals surface area contributed by atoms with Crippen LogP contribution in [0.25, 0.3) is 0 Å². The van der Waals surface area contributed by atoms with Crippen LogP contribution in [0.5, 0.6) is 0 Å². The van der Waals surface area contributed by atoms with Crippen LogP contribution < -0.4 is 5.32 Å². The molecule has 0 radical (unpaired) electrons. The van der Waals surface area contributed by atoms with Gasteiger partial charge in [0.1, 0.15) is 0 Å². The molecular formula is C14H21N3O2S. The Morgan fingerprint density at radius 1 is 1.55 bits per heavy atom. The summed E-state index contributed by atoms with van der Waals surface area (Å²) in [5, 5.41) is 4.64.